The molecule has 1 aromatic rings. The SMILES string of the molecule is CSC1CCCC(Nc2nc(Cl)nc(C)c2[N+](=O)[O-])C1. The van der Waals surface area contributed by atoms with E-state index >= 15 is 0 Å². The van der Waals surface area contributed by atoms with Crippen molar-refractivity contribution in [3.63, 3.8) is 0 Å². The van der Waals surface area contributed by atoms with Gasteiger partial charge in [0.15, 0.2) is 0 Å². The Morgan fingerprint density at radius 1 is 1.45 bits per heavy atom. The molecule has 0 spiro atoms. The fourth-order valence-electron chi connectivity index (χ4n) is 2.54. The lowest BCUT2D eigenvalue weighted by Gasteiger charge is -2.28. The number of nitrogens with one attached hydrogen (secondary N) is 1. The normalized spacial score (nSPS) is 22.6. The second-order valence-electron chi connectivity index (χ2n) is 4.90. The topological polar surface area (TPSA) is 81.0 Å². The molecule has 110 valence electrons. The van der Waals surface area contributed by atoms with E-state index in [2.05, 4.69) is 21.5 Å². The lowest BCUT2D eigenvalue weighted by atomic mass is 9.95. The van der Waals surface area contributed by atoms with Crippen molar-refractivity contribution in [2.75, 3.05) is 11.6 Å². The Morgan fingerprint density at radius 2 is 2.20 bits per heavy atom. The summed E-state index contributed by atoms with van der Waals surface area (Å²) in [6.45, 7) is 1.57. The van der Waals surface area contributed by atoms with Gasteiger partial charge in [-0.15, -0.1) is 0 Å². The third kappa shape index (κ3) is 3.52. The average Bonchev–Trinajstić information content (AvgIpc) is 2.37. The van der Waals surface area contributed by atoms with E-state index < -0.39 is 4.92 Å². The summed E-state index contributed by atoms with van der Waals surface area (Å²) in [5.41, 5.74) is 0.204. The van der Waals surface area contributed by atoms with Crippen LogP contribution in [-0.2, 0) is 0 Å². The van der Waals surface area contributed by atoms with Crippen LogP contribution in [0.1, 0.15) is 31.4 Å². The zero-order chi connectivity index (χ0) is 14.7. The minimum Gasteiger partial charge on any atom is -0.361 e. The van der Waals surface area contributed by atoms with Crippen LogP contribution in [0.25, 0.3) is 0 Å². The number of rotatable bonds is 4. The monoisotopic (exact) mass is 316 g/mol. The van der Waals surface area contributed by atoms with Crippen LogP contribution in [0.2, 0.25) is 5.28 Å². The molecule has 0 bridgehead atoms. The summed E-state index contributed by atoms with van der Waals surface area (Å²) in [7, 11) is 0. The summed E-state index contributed by atoms with van der Waals surface area (Å²) in [4.78, 5) is 18.5. The molecule has 0 aromatic carbocycles. The van der Waals surface area contributed by atoms with E-state index in [0.29, 0.717) is 5.25 Å². The van der Waals surface area contributed by atoms with Crippen molar-refractivity contribution in [2.45, 2.75) is 43.9 Å². The van der Waals surface area contributed by atoms with Gasteiger partial charge in [0.2, 0.25) is 11.1 Å². The molecule has 1 saturated carbocycles. The smallest absolute Gasteiger partial charge is 0.332 e. The number of hydrogen-bond acceptors (Lipinski definition) is 6. The molecule has 0 radical (unpaired) electrons. The highest BCUT2D eigenvalue weighted by molar-refractivity contribution is 7.99. The van der Waals surface area contributed by atoms with Gasteiger partial charge in [-0.05, 0) is 44.0 Å². The molecule has 1 aromatic heterocycles. The lowest BCUT2D eigenvalue weighted by Crippen LogP contribution is -2.29. The largest absolute Gasteiger partial charge is 0.361 e. The van der Waals surface area contributed by atoms with Gasteiger partial charge < -0.3 is 5.32 Å². The first-order valence-corrected chi connectivity index (χ1v) is 8.15. The number of nitrogens with zero attached hydrogens (tertiary/aromatic N) is 3. The second kappa shape index (κ2) is 6.58. The molecule has 2 atom stereocenters. The predicted molar refractivity (Wildman–Crippen MR) is 81.6 cm³/mol. The van der Waals surface area contributed by atoms with Gasteiger partial charge in [-0.25, -0.2) is 4.98 Å². The number of halogens is 1. The molecule has 2 unspecified atom stereocenters. The van der Waals surface area contributed by atoms with Crippen LogP contribution in [0.3, 0.4) is 0 Å². The molecule has 1 fully saturated rings. The van der Waals surface area contributed by atoms with Crippen LogP contribution in [0.5, 0.6) is 0 Å². The Hall–Kier alpha value is -1.08. The first-order chi connectivity index (χ1) is 9.51. The number of hydrogen-bond donors (Lipinski definition) is 1. The fraction of sp³-hybridized carbons (Fsp3) is 0.667. The number of nitro groups is 1. The maximum Gasteiger partial charge on any atom is 0.332 e. The van der Waals surface area contributed by atoms with Gasteiger partial charge in [-0.1, -0.05) is 6.42 Å². The van der Waals surface area contributed by atoms with Crippen LogP contribution in [0.15, 0.2) is 0 Å². The van der Waals surface area contributed by atoms with Gasteiger partial charge in [0.1, 0.15) is 5.69 Å². The third-order valence-electron chi connectivity index (χ3n) is 3.51. The predicted octanol–water partition coefficient (Wildman–Crippen LogP) is 3.43. The summed E-state index contributed by atoms with van der Waals surface area (Å²) in [6, 6.07) is 0.199. The van der Waals surface area contributed by atoms with E-state index in [1.54, 1.807) is 6.92 Å². The van der Waals surface area contributed by atoms with Crippen LogP contribution in [-0.4, -0.2) is 32.4 Å². The quantitative estimate of drug-likeness (QED) is 0.520. The van der Waals surface area contributed by atoms with Crippen molar-refractivity contribution >= 4 is 34.9 Å². The van der Waals surface area contributed by atoms with Crippen molar-refractivity contribution in [3.05, 3.63) is 21.1 Å². The molecule has 1 aliphatic rings. The standard InChI is InChI=1S/C12H17ClN4O2S/c1-7-10(17(18)19)11(16-12(13)14-7)15-8-4-3-5-9(6-8)20-2/h8-9H,3-6H2,1-2H3,(H,14,15,16). The van der Waals surface area contributed by atoms with Crippen LogP contribution in [0.4, 0.5) is 11.5 Å². The highest BCUT2D eigenvalue weighted by Crippen LogP contribution is 2.32. The Balaban J connectivity index is 2.22. The minimum absolute atomic E-state index is 0.0350. The van der Waals surface area contributed by atoms with Gasteiger partial charge in [0.05, 0.1) is 4.92 Å². The zero-order valence-corrected chi connectivity index (χ0v) is 13.0. The third-order valence-corrected chi connectivity index (χ3v) is 4.78. The zero-order valence-electron chi connectivity index (χ0n) is 11.4. The van der Waals surface area contributed by atoms with Crippen LogP contribution in [0, 0.1) is 17.0 Å². The van der Waals surface area contributed by atoms with Crippen LogP contribution < -0.4 is 5.32 Å². The van der Waals surface area contributed by atoms with Gasteiger partial charge in [0.25, 0.3) is 0 Å². The first kappa shape index (κ1) is 15.3. The maximum absolute atomic E-state index is 11.2. The highest BCUT2D eigenvalue weighted by Gasteiger charge is 2.27. The van der Waals surface area contributed by atoms with Gasteiger partial charge in [0, 0.05) is 11.3 Å². The van der Waals surface area contributed by atoms with Crippen molar-refractivity contribution < 1.29 is 4.92 Å². The maximum atomic E-state index is 11.2. The molecule has 1 heterocycles. The van der Waals surface area contributed by atoms with E-state index in [1.807, 2.05) is 11.8 Å². The molecule has 8 heteroatoms. The van der Waals surface area contributed by atoms with E-state index in [1.165, 1.54) is 6.42 Å². The molecular weight excluding hydrogens is 300 g/mol. The van der Waals surface area contributed by atoms with Crippen molar-refractivity contribution in [3.8, 4) is 0 Å². The van der Waals surface area contributed by atoms with E-state index in [0.717, 1.165) is 19.3 Å². The van der Waals surface area contributed by atoms with E-state index in [9.17, 15) is 10.1 Å². The fourth-order valence-corrected chi connectivity index (χ4v) is 3.57. The van der Waals surface area contributed by atoms with Crippen molar-refractivity contribution in [1.82, 2.24) is 9.97 Å². The van der Waals surface area contributed by atoms with E-state index in [4.69, 9.17) is 11.6 Å². The first-order valence-electron chi connectivity index (χ1n) is 6.49. The number of aryl methyl sites for hydroxylation is 1. The Labute approximate surface area is 126 Å². The average molecular weight is 317 g/mol. The molecule has 20 heavy (non-hydrogen) atoms. The van der Waals surface area contributed by atoms with Crippen molar-refractivity contribution in [1.29, 1.82) is 0 Å². The summed E-state index contributed by atoms with van der Waals surface area (Å²) in [5, 5.41) is 15.0. The molecule has 1 N–H and O–H groups in total. The Bertz CT molecular complexity index is 514. The number of aromatic nitrogens is 2. The highest BCUT2D eigenvalue weighted by atomic mass is 35.5. The summed E-state index contributed by atoms with van der Waals surface area (Å²) in [5.74, 6) is 0.235. The Kier molecular flexibility index (Phi) is 5.04. The van der Waals surface area contributed by atoms with Gasteiger partial charge in [-0.3, -0.25) is 10.1 Å². The summed E-state index contributed by atoms with van der Waals surface area (Å²) >= 11 is 7.66. The van der Waals surface area contributed by atoms with E-state index in [-0.39, 0.29) is 28.5 Å². The molecule has 0 aliphatic heterocycles. The van der Waals surface area contributed by atoms with Gasteiger partial charge in [-0.2, -0.15) is 16.7 Å². The lowest BCUT2D eigenvalue weighted by molar-refractivity contribution is -0.385. The molecule has 0 amide bonds. The van der Waals surface area contributed by atoms with Gasteiger partial charge >= 0.3 is 5.69 Å². The minimum atomic E-state index is -0.455. The molecule has 2 rings (SSSR count). The summed E-state index contributed by atoms with van der Waals surface area (Å²) in [6.07, 6.45) is 6.40. The summed E-state index contributed by atoms with van der Waals surface area (Å²) < 4.78 is 0. The molecular formula is C12H17ClN4O2S. The number of thioether (sulfide) groups is 1. The number of anilines is 1. The van der Waals surface area contributed by atoms with Crippen LogP contribution >= 0.6 is 23.4 Å². The second-order valence-corrected chi connectivity index (χ2v) is 6.37. The van der Waals surface area contributed by atoms with Crippen molar-refractivity contribution in [2.24, 2.45) is 0 Å². The molecule has 0 saturated heterocycles. The molecule has 6 nitrogen and oxygen atoms in total. The molecule has 1 aliphatic carbocycles. The Morgan fingerprint density at radius 3 is 2.85 bits per heavy atom.